The quantitative estimate of drug-likeness (QED) is 0.751. The van der Waals surface area contributed by atoms with Gasteiger partial charge in [-0.05, 0) is 18.6 Å². The van der Waals surface area contributed by atoms with E-state index in [1.165, 1.54) is 23.5 Å². The van der Waals surface area contributed by atoms with Crippen LogP contribution in [0.15, 0.2) is 31.0 Å². The maximum absolute atomic E-state index is 11.9. The molecule has 9 nitrogen and oxygen atoms in total. The topological polar surface area (TPSA) is 127 Å². The first kappa shape index (κ1) is 14.9. The number of sulfonamides is 1. The molecule has 2 heterocycles. The Hall–Kier alpha value is -2.49. The van der Waals surface area contributed by atoms with E-state index in [4.69, 9.17) is 5.11 Å². The van der Waals surface area contributed by atoms with E-state index in [0.29, 0.717) is 0 Å². The lowest BCUT2D eigenvalue weighted by molar-refractivity contribution is -0.137. The number of hydrogen-bond acceptors (Lipinski definition) is 6. The van der Waals surface area contributed by atoms with Gasteiger partial charge in [0.1, 0.15) is 12.7 Å². The molecule has 10 heteroatoms. The van der Waals surface area contributed by atoms with Gasteiger partial charge in [-0.25, -0.2) is 23.1 Å². The minimum Gasteiger partial charge on any atom is -0.481 e. The minimum atomic E-state index is -3.66. The second-order valence-corrected chi connectivity index (χ2v) is 5.97. The maximum atomic E-state index is 11.9. The molecule has 2 N–H and O–H groups in total. The Kier molecular flexibility index (Phi) is 4.48. The molecule has 0 aromatic carbocycles. The molecule has 0 radical (unpaired) electrons. The van der Waals surface area contributed by atoms with Gasteiger partial charge in [0.25, 0.3) is 0 Å². The predicted octanol–water partition coefficient (Wildman–Crippen LogP) is 0.269. The average molecular weight is 311 g/mol. The average Bonchev–Trinajstić information content (AvgIpc) is 2.91. The fourth-order valence-corrected chi connectivity index (χ4v) is 2.73. The van der Waals surface area contributed by atoms with Gasteiger partial charge >= 0.3 is 5.97 Å². The number of nitrogens with zero attached hydrogens (tertiary/aromatic N) is 4. The summed E-state index contributed by atoms with van der Waals surface area (Å²) < 4.78 is 27.6. The zero-order valence-corrected chi connectivity index (χ0v) is 11.7. The number of pyridine rings is 1. The van der Waals surface area contributed by atoms with Crippen LogP contribution in [0.1, 0.15) is 12.8 Å². The van der Waals surface area contributed by atoms with Crippen molar-refractivity contribution < 1.29 is 18.3 Å². The van der Waals surface area contributed by atoms with Crippen LogP contribution < -0.4 is 4.72 Å². The zero-order valence-electron chi connectivity index (χ0n) is 10.9. The van der Waals surface area contributed by atoms with E-state index < -0.39 is 16.0 Å². The Labute approximate surface area is 120 Å². The third-order valence-electron chi connectivity index (χ3n) is 2.49. The summed E-state index contributed by atoms with van der Waals surface area (Å²) in [5.74, 6) is -1.03. The molecule has 0 unspecified atom stereocenters. The van der Waals surface area contributed by atoms with Crippen LogP contribution in [0, 0.1) is 0 Å². The first-order chi connectivity index (χ1) is 9.98. The molecule has 21 heavy (non-hydrogen) atoms. The van der Waals surface area contributed by atoms with E-state index in [1.54, 1.807) is 12.1 Å². The Morgan fingerprint density at radius 2 is 2.24 bits per heavy atom. The number of rotatable bonds is 7. The van der Waals surface area contributed by atoms with E-state index in [0.717, 1.165) is 0 Å². The van der Waals surface area contributed by atoms with E-state index >= 15 is 0 Å². The van der Waals surface area contributed by atoms with Gasteiger partial charge in [0.2, 0.25) is 10.0 Å². The summed E-state index contributed by atoms with van der Waals surface area (Å²) in [4.78, 5) is 18.2. The first-order valence-corrected chi connectivity index (χ1v) is 7.65. The van der Waals surface area contributed by atoms with Crippen LogP contribution in [0.2, 0.25) is 0 Å². The number of hydrogen-bond donors (Lipinski definition) is 2. The summed E-state index contributed by atoms with van der Waals surface area (Å²) in [6.45, 7) is 0. The summed E-state index contributed by atoms with van der Waals surface area (Å²) in [6, 6.07) is 3.12. The Balaban J connectivity index is 2.14. The van der Waals surface area contributed by atoms with Crippen molar-refractivity contribution in [2.75, 3.05) is 10.5 Å². The van der Waals surface area contributed by atoms with Crippen LogP contribution in [0.3, 0.4) is 0 Å². The molecule has 2 aromatic heterocycles. The molecule has 0 atom stereocenters. The number of nitrogens with one attached hydrogen (secondary N) is 1. The highest BCUT2D eigenvalue weighted by Gasteiger charge is 2.15. The molecule has 112 valence electrons. The Morgan fingerprint density at radius 1 is 1.43 bits per heavy atom. The van der Waals surface area contributed by atoms with E-state index in [2.05, 4.69) is 19.8 Å². The Bertz CT molecular complexity index is 714. The van der Waals surface area contributed by atoms with Gasteiger partial charge in [-0.3, -0.25) is 9.52 Å². The molecule has 0 fully saturated rings. The molecular formula is C11H13N5O4S. The van der Waals surface area contributed by atoms with Gasteiger partial charge in [-0.2, -0.15) is 5.10 Å². The molecule has 0 amide bonds. The van der Waals surface area contributed by atoms with E-state index in [1.807, 2.05) is 0 Å². The first-order valence-electron chi connectivity index (χ1n) is 6.00. The highest BCUT2D eigenvalue weighted by Crippen LogP contribution is 2.17. The molecule has 2 rings (SSSR count). The van der Waals surface area contributed by atoms with Crippen molar-refractivity contribution in [3.8, 4) is 5.82 Å². The van der Waals surface area contributed by atoms with Crippen LogP contribution in [0.5, 0.6) is 0 Å². The van der Waals surface area contributed by atoms with Crippen molar-refractivity contribution in [1.29, 1.82) is 0 Å². The van der Waals surface area contributed by atoms with Crippen molar-refractivity contribution in [3.05, 3.63) is 31.0 Å². The lowest BCUT2D eigenvalue weighted by Crippen LogP contribution is -2.19. The van der Waals surface area contributed by atoms with Crippen molar-refractivity contribution in [1.82, 2.24) is 19.7 Å². The molecule has 2 aromatic rings. The van der Waals surface area contributed by atoms with Crippen LogP contribution in [0.4, 0.5) is 5.69 Å². The molecule has 0 saturated heterocycles. The number of aliphatic carboxylic acids is 1. The number of anilines is 1. The third kappa shape index (κ3) is 4.24. The van der Waals surface area contributed by atoms with Gasteiger partial charge in [0.05, 0.1) is 11.4 Å². The van der Waals surface area contributed by atoms with Gasteiger partial charge in [0, 0.05) is 12.6 Å². The number of carboxylic acid groups (broad SMARTS) is 1. The van der Waals surface area contributed by atoms with Crippen LogP contribution in [0.25, 0.3) is 5.82 Å². The smallest absolute Gasteiger partial charge is 0.303 e. The number of carboxylic acids is 1. The van der Waals surface area contributed by atoms with Crippen molar-refractivity contribution in [2.24, 2.45) is 0 Å². The standard InChI is InChI=1S/C11H13N5O4S/c17-10(18)4-2-6-21(19,20)15-9-3-1-5-13-11(9)16-8-12-7-14-16/h1,3,5,7-8,15H,2,4,6H2,(H,17,18). The molecule has 0 aliphatic rings. The van der Waals surface area contributed by atoms with Gasteiger partial charge < -0.3 is 5.11 Å². The molecule has 0 bridgehead atoms. The van der Waals surface area contributed by atoms with Crippen LogP contribution >= 0.6 is 0 Å². The normalized spacial score (nSPS) is 11.2. The number of carbonyl (C=O) groups is 1. The number of aromatic nitrogens is 4. The lowest BCUT2D eigenvalue weighted by Gasteiger charge is -2.10. The fraction of sp³-hybridized carbons (Fsp3) is 0.273. The van der Waals surface area contributed by atoms with Crippen molar-refractivity contribution >= 4 is 21.7 Å². The SMILES string of the molecule is O=C(O)CCCS(=O)(=O)Nc1cccnc1-n1cncn1. The van der Waals surface area contributed by atoms with E-state index in [-0.39, 0.29) is 30.1 Å². The minimum absolute atomic E-state index is 0.0313. The Morgan fingerprint density at radius 3 is 2.90 bits per heavy atom. The second-order valence-electron chi connectivity index (χ2n) is 4.13. The molecule has 0 aliphatic heterocycles. The highest BCUT2D eigenvalue weighted by molar-refractivity contribution is 7.92. The monoisotopic (exact) mass is 311 g/mol. The largest absolute Gasteiger partial charge is 0.481 e. The predicted molar refractivity (Wildman–Crippen MR) is 73.4 cm³/mol. The van der Waals surface area contributed by atoms with Gasteiger partial charge in [0.15, 0.2) is 5.82 Å². The van der Waals surface area contributed by atoms with Gasteiger partial charge in [-0.1, -0.05) is 0 Å². The summed E-state index contributed by atoms with van der Waals surface area (Å²) in [7, 11) is -3.66. The fourth-order valence-electron chi connectivity index (χ4n) is 1.61. The lowest BCUT2D eigenvalue weighted by atomic mass is 10.3. The van der Waals surface area contributed by atoms with Gasteiger partial charge in [-0.15, -0.1) is 0 Å². The molecular weight excluding hydrogens is 298 g/mol. The summed E-state index contributed by atoms with van der Waals surface area (Å²) >= 11 is 0. The summed E-state index contributed by atoms with van der Waals surface area (Å²) in [5, 5.41) is 12.4. The molecule has 0 saturated carbocycles. The van der Waals surface area contributed by atoms with Crippen LogP contribution in [-0.4, -0.2) is 45.0 Å². The summed E-state index contributed by atoms with van der Waals surface area (Å²) in [6.07, 6.45) is 4.02. The zero-order chi connectivity index (χ0) is 15.3. The second kappa shape index (κ2) is 6.31. The van der Waals surface area contributed by atoms with E-state index in [9.17, 15) is 13.2 Å². The van der Waals surface area contributed by atoms with Crippen molar-refractivity contribution in [3.63, 3.8) is 0 Å². The molecule has 0 spiro atoms. The summed E-state index contributed by atoms with van der Waals surface area (Å²) in [5.41, 5.74) is 0.248. The molecule has 0 aliphatic carbocycles. The van der Waals surface area contributed by atoms with Crippen molar-refractivity contribution in [2.45, 2.75) is 12.8 Å². The maximum Gasteiger partial charge on any atom is 0.303 e. The third-order valence-corrected chi connectivity index (χ3v) is 3.85. The van der Waals surface area contributed by atoms with Crippen LogP contribution in [-0.2, 0) is 14.8 Å². The highest BCUT2D eigenvalue weighted by atomic mass is 32.2.